The van der Waals surface area contributed by atoms with Crippen molar-refractivity contribution in [1.82, 2.24) is 0 Å². The van der Waals surface area contributed by atoms with Gasteiger partial charge in [0, 0.05) is 38.1 Å². The molecule has 1 saturated heterocycles. The fourth-order valence-corrected chi connectivity index (χ4v) is 6.99. The summed E-state index contributed by atoms with van der Waals surface area (Å²) in [6.45, 7) is 0.355. The lowest BCUT2D eigenvalue weighted by Crippen LogP contribution is -2.35. The van der Waals surface area contributed by atoms with Crippen LogP contribution in [0.25, 0.3) is 10.1 Å². The van der Waals surface area contributed by atoms with Crippen molar-refractivity contribution in [3.8, 4) is 0 Å². The van der Waals surface area contributed by atoms with Crippen LogP contribution in [0, 0.1) is 11.3 Å². The number of nitrogens with one attached hydrogen (secondary N) is 1. The number of nitrogens with zero attached hydrogens (tertiary/aromatic N) is 1. The maximum absolute atomic E-state index is 13.3. The minimum atomic E-state index is -0.629. The summed E-state index contributed by atoms with van der Waals surface area (Å²) in [6.07, 6.45) is 4.37. The van der Waals surface area contributed by atoms with E-state index in [-0.39, 0.29) is 17.7 Å². The van der Waals surface area contributed by atoms with Crippen LogP contribution in [0.4, 0.5) is 10.7 Å². The van der Waals surface area contributed by atoms with Gasteiger partial charge in [-0.25, -0.2) is 0 Å². The van der Waals surface area contributed by atoms with Gasteiger partial charge in [0.25, 0.3) is 5.91 Å². The summed E-state index contributed by atoms with van der Waals surface area (Å²) >= 11 is 8.92. The number of aldehydes is 1. The van der Waals surface area contributed by atoms with Crippen LogP contribution in [0.3, 0.4) is 0 Å². The summed E-state index contributed by atoms with van der Waals surface area (Å²) < 4.78 is 0.971. The van der Waals surface area contributed by atoms with E-state index < -0.39 is 5.41 Å². The Morgan fingerprint density at radius 1 is 1.23 bits per heavy atom. The standard InChI is InChI=1S/C22H19ClN2O3S2/c23-13-4-6-14(7-5-13)24-19(27)18-15-9-29-10-17(15)30-21(18)25-11-22(12-26)8-2-1-3-16(22)20(25)28/h4-7,9-10,12,16H,1-3,8,11H2,(H,24,27). The third-order valence-corrected chi connectivity index (χ3v) is 8.54. The highest BCUT2D eigenvalue weighted by Gasteiger charge is 2.54. The second-order valence-electron chi connectivity index (χ2n) is 7.97. The fraction of sp³-hybridized carbons (Fsp3) is 0.318. The first-order valence-electron chi connectivity index (χ1n) is 9.86. The first-order valence-corrected chi connectivity index (χ1v) is 12.0. The van der Waals surface area contributed by atoms with Gasteiger partial charge in [-0.05, 0) is 37.1 Å². The van der Waals surface area contributed by atoms with Crippen molar-refractivity contribution in [2.45, 2.75) is 25.7 Å². The van der Waals surface area contributed by atoms with Crippen molar-refractivity contribution < 1.29 is 14.4 Å². The zero-order chi connectivity index (χ0) is 20.9. The molecule has 1 aliphatic heterocycles. The molecule has 1 aromatic carbocycles. The van der Waals surface area contributed by atoms with Crippen LogP contribution in [0.5, 0.6) is 0 Å². The summed E-state index contributed by atoms with van der Waals surface area (Å²) in [7, 11) is 0. The average molecular weight is 459 g/mol. The molecule has 154 valence electrons. The highest BCUT2D eigenvalue weighted by Crippen LogP contribution is 2.50. The Morgan fingerprint density at radius 3 is 2.77 bits per heavy atom. The molecule has 8 heteroatoms. The Labute approximate surface area is 186 Å². The van der Waals surface area contributed by atoms with Gasteiger partial charge in [-0.1, -0.05) is 24.4 Å². The molecule has 2 amide bonds. The van der Waals surface area contributed by atoms with E-state index in [1.54, 1.807) is 29.2 Å². The van der Waals surface area contributed by atoms with Gasteiger partial charge in [-0.3, -0.25) is 9.59 Å². The number of carbonyl (C=O) groups is 3. The number of hydrogen-bond acceptors (Lipinski definition) is 5. The molecular formula is C22H19ClN2O3S2. The zero-order valence-corrected chi connectivity index (χ0v) is 18.4. The predicted molar refractivity (Wildman–Crippen MR) is 122 cm³/mol. The van der Waals surface area contributed by atoms with Crippen LogP contribution in [-0.4, -0.2) is 24.6 Å². The molecule has 0 spiro atoms. The van der Waals surface area contributed by atoms with E-state index in [0.29, 0.717) is 27.8 Å². The van der Waals surface area contributed by atoms with E-state index in [2.05, 4.69) is 5.32 Å². The maximum Gasteiger partial charge on any atom is 0.259 e. The normalized spacial score (nSPS) is 23.6. The lowest BCUT2D eigenvalue weighted by molar-refractivity contribution is -0.128. The number of hydrogen-bond donors (Lipinski definition) is 1. The molecule has 1 aliphatic carbocycles. The molecule has 2 aromatic heterocycles. The Morgan fingerprint density at radius 2 is 2.03 bits per heavy atom. The first kappa shape index (κ1) is 19.7. The predicted octanol–water partition coefficient (Wildman–Crippen LogP) is 5.59. The SMILES string of the molecule is O=CC12CCCCC1C(=O)N(c1sc3cscc3c1C(=O)Nc1ccc(Cl)cc1)C2. The van der Waals surface area contributed by atoms with E-state index in [0.717, 1.165) is 42.1 Å². The highest BCUT2D eigenvalue weighted by atomic mass is 35.5. The second-order valence-corrected chi connectivity index (χ2v) is 10.2. The molecule has 1 saturated carbocycles. The topological polar surface area (TPSA) is 66.5 Å². The first-order chi connectivity index (χ1) is 14.5. The number of thiophene rings is 2. The van der Waals surface area contributed by atoms with Crippen molar-refractivity contribution in [3.05, 3.63) is 45.6 Å². The molecule has 0 radical (unpaired) electrons. The van der Waals surface area contributed by atoms with Crippen molar-refractivity contribution in [3.63, 3.8) is 0 Å². The lowest BCUT2D eigenvalue weighted by atomic mass is 9.69. The van der Waals surface area contributed by atoms with Crippen LogP contribution in [0.2, 0.25) is 5.02 Å². The number of rotatable bonds is 4. The number of carbonyl (C=O) groups excluding carboxylic acids is 3. The van der Waals surface area contributed by atoms with Crippen molar-refractivity contribution in [2.24, 2.45) is 11.3 Å². The molecule has 5 rings (SSSR count). The fourth-order valence-electron chi connectivity index (χ4n) is 4.69. The average Bonchev–Trinajstić information content (AvgIpc) is 3.41. The van der Waals surface area contributed by atoms with E-state index in [9.17, 15) is 14.4 Å². The van der Waals surface area contributed by atoms with E-state index >= 15 is 0 Å². The van der Waals surface area contributed by atoms with Crippen molar-refractivity contribution in [2.75, 3.05) is 16.8 Å². The smallest absolute Gasteiger partial charge is 0.259 e. The summed E-state index contributed by atoms with van der Waals surface area (Å²) in [5.74, 6) is -0.579. The molecule has 2 aliphatic rings. The van der Waals surface area contributed by atoms with Crippen molar-refractivity contribution >= 4 is 73.1 Å². The zero-order valence-electron chi connectivity index (χ0n) is 16.0. The van der Waals surface area contributed by atoms with Gasteiger partial charge in [0.05, 0.1) is 16.9 Å². The molecule has 5 nitrogen and oxygen atoms in total. The molecule has 30 heavy (non-hydrogen) atoms. The van der Waals surface area contributed by atoms with Gasteiger partial charge in [0.1, 0.15) is 11.3 Å². The molecule has 0 bridgehead atoms. The van der Waals surface area contributed by atoms with Crippen LogP contribution in [0.15, 0.2) is 35.0 Å². The van der Waals surface area contributed by atoms with Crippen LogP contribution < -0.4 is 10.2 Å². The highest BCUT2D eigenvalue weighted by molar-refractivity contribution is 7.26. The van der Waals surface area contributed by atoms with Gasteiger partial charge in [0.15, 0.2) is 0 Å². The minimum Gasteiger partial charge on any atom is -0.322 e. The molecular weight excluding hydrogens is 440 g/mol. The Kier molecular flexibility index (Phi) is 4.92. The maximum atomic E-state index is 13.3. The summed E-state index contributed by atoms with van der Waals surface area (Å²) in [5, 5.41) is 8.93. The van der Waals surface area contributed by atoms with Crippen LogP contribution in [0.1, 0.15) is 36.0 Å². The van der Waals surface area contributed by atoms with Crippen molar-refractivity contribution in [1.29, 1.82) is 0 Å². The monoisotopic (exact) mass is 458 g/mol. The number of benzene rings is 1. The van der Waals surface area contributed by atoms with Gasteiger partial charge >= 0.3 is 0 Å². The van der Waals surface area contributed by atoms with Gasteiger partial charge in [-0.15, -0.1) is 11.3 Å². The summed E-state index contributed by atoms with van der Waals surface area (Å²) in [5.41, 5.74) is 0.505. The molecule has 3 heterocycles. The largest absolute Gasteiger partial charge is 0.322 e. The number of fused-ring (bicyclic) bond motifs is 2. The van der Waals surface area contributed by atoms with Gasteiger partial charge in [-0.2, -0.15) is 11.3 Å². The molecule has 2 fully saturated rings. The Bertz CT molecular complexity index is 1150. The van der Waals surface area contributed by atoms with Crippen LogP contribution >= 0.6 is 34.3 Å². The number of halogens is 1. The van der Waals surface area contributed by atoms with Gasteiger partial charge < -0.3 is 15.0 Å². The van der Waals surface area contributed by atoms with E-state index in [1.165, 1.54) is 22.7 Å². The lowest BCUT2D eigenvalue weighted by Gasteiger charge is -2.31. The Balaban J connectivity index is 1.55. The van der Waals surface area contributed by atoms with E-state index in [1.807, 2.05) is 10.8 Å². The number of amides is 2. The minimum absolute atomic E-state index is 0.0325. The molecule has 1 N–H and O–H groups in total. The van der Waals surface area contributed by atoms with Crippen LogP contribution in [-0.2, 0) is 9.59 Å². The van der Waals surface area contributed by atoms with E-state index in [4.69, 9.17) is 11.6 Å². The molecule has 2 unspecified atom stereocenters. The Hall–Kier alpha value is -2.22. The third-order valence-electron chi connectivity index (χ3n) is 6.22. The summed E-state index contributed by atoms with van der Waals surface area (Å²) in [6, 6.07) is 6.92. The second kappa shape index (κ2) is 7.48. The molecule has 3 aromatic rings. The van der Waals surface area contributed by atoms with Gasteiger partial charge in [0.2, 0.25) is 5.91 Å². The quantitative estimate of drug-likeness (QED) is 0.518. The summed E-state index contributed by atoms with van der Waals surface area (Å²) in [4.78, 5) is 40.3. The molecule has 2 atom stereocenters. The number of anilines is 2. The third kappa shape index (κ3) is 3.07.